The number of nitrogens with zero attached hydrogens (tertiary/aromatic N) is 1. The van der Waals surface area contributed by atoms with Gasteiger partial charge in [-0.15, -0.1) is 0 Å². The van der Waals surface area contributed by atoms with E-state index in [1.165, 1.54) is 4.90 Å². The molecule has 0 unspecified atom stereocenters. The number of aliphatic hydroxyl groups excluding tert-OH is 2. The van der Waals surface area contributed by atoms with Crippen molar-refractivity contribution in [3.8, 4) is 5.75 Å². The highest BCUT2D eigenvalue weighted by Crippen LogP contribution is 2.47. The molecule has 33 heavy (non-hydrogen) atoms. The van der Waals surface area contributed by atoms with Crippen LogP contribution in [0, 0.1) is 17.8 Å². The summed E-state index contributed by atoms with van der Waals surface area (Å²) in [5.41, 5.74) is 3.59. The van der Waals surface area contributed by atoms with Gasteiger partial charge >= 0.3 is 0 Å². The third-order valence-corrected chi connectivity index (χ3v) is 7.19. The molecule has 0 aromatic heterocycles. The maximum Gasteiger partial charge on any atom is 0.233 e. The van der Waals surface area contributed by atoms with Gasteiger partial charge in [0.15, 0.2) is 0 Å². The second-order valence-corrected chi connectivity index (χ2v) is 9.14. The molecule has 0 saturated carbocycles. The highest BCUT2D eigenvalue weighted by Gasteiger charge is 2.54. The van der Waals surface area contributed by atoms with E-state index in [4.69, 9.17) is 0 Å². The third-order valence-electron chi connectivity index (χ3n) is 7.19. The summed E-state index contributed by atoms with van der Waals surface area (Å²) in [5, 5.41) is 31.6. The minimum atomic E-state index is -0.791. The smallest absolute Gasteiger partial charge is 0.233 e. The second-order valence-electron chi connectivity index (χ2n) is 9.14. The van der Waals surface area contributed by atoms with Gasteiger partial charge < -0.3 is 15.3 Å². The van der Waals surface area contributed by atoms with Crippen LogP contribution in [0.15, 0.2) is 41.0 Å². The fourth-order valence-corrected chi connectivity index (χ4v) is 5.47. The molecular weight excluding hydrogens is 418 g/mol. The van der Waals surface area contributed by atoms with E-state index in [1.807, 2.05) is 39.0 Å². The summed E-state index contributed by atoms with van der Waals surface area (Å²) in [4.78, 5) is 27.3. The van der Waals surface area contributed by atoms with Gasteiger partial charge in [0.25, 0.3) is 0 Å². The molecule has 6 heteroatoms. The van der Waals surface area contributed by atoms with Gasteiger partial charge in [0.05, 0.1) is 24.5 Å². The Labute approximate surface area is 196 Å². The molecule has 6 nitrogen and oxygen atoms in total. The van der Waals surface area contributed by atoms with Crippen LogP contribution in [0.3, 0.4) is 0 Å². The predicted molar refractivity (Wildman–Crippen MR) is 128 cm³/mol. The van der Waals surface area contributed by atoms with Gasteiger partial charge in [-0.2, -0.15) is 0 Å². The standard InChI is InChI=1S/C27H37NO5/c1-4-13-28-26(32)20-15-18(6-3)24(21(16-29)25(20)27(28)33)23(31)12-11-17(5-2)14-19-9-7-8-10-22(19)30/h7-10,14,20-21,23,25,29-31H,4-6,11-13,15-16H2,1-3H3/b17-14+/t20-,21+,23-,25-/m1/s1. The van der Waals surface area contributed by atoms with Crippen LogP contribution in [0.25, 0.3) is 6.08 Å². The summed E-state index contributed by atoms with van der Waals surface area (Å²) in [6.45, 7) is 6.12. The molecule has 0 radical (unpaired) electrons. The van der Waals surface area contributed by atoms with E-state index in [1.54, 1.807) is 12.1 Å². The zero-order valence-electron chi connectivity index (χ0n) is 20.0. The van der Waals surface area contributed by atoms with Crippen LogP contribution in [0.5, 0.6) is 5.75 Å². The molecule has 2 aliphatic rings. The van der Waals surface area contributed by atoms with Gasteiger partial charge in [0.2, 0.25) is 11.8 Å². The Kier molecular flexibility index (Phi) is 8.49. The summed E-state index contributed by atoms with van der Waals surface area (Å²) in [6.07, 6.45) is 4.90. The molecule has 180 valence electrons. The highest BCUT2D eigenvalue weighted by atomic mass is 16.3. The van der Waals surface area contributed by atoms with Gasteiger partial charge in [-0.1, -0.05) is 56.2 Å². The molecule has 0 spiro atoms. The van der Waals surface area contributed by atoms with Gasteiger partial charge in [0, 0.05) is 18.0 Å². The SMILES string of the molecule is CCCN1C(=O)[C@@H]2[C@@H](CC(CC)=C([C@H](O)CC/C(=C/c3ccccc3O)CC)[C@@H]2CO)C1=O. The number of carbonyl (C=O) groups is 2. The minimum absolute atomic E-state index is 0.135. The molecule has 1 aromatic rings. The topological polar surface area (TPSA) is 98.1 Å². The van der Waals surface area contributed by atoms with Gasteiger partial charge in [-0.05, 0) is 50.2 Å². The first-order valence-corrected chi connectivity index (χ1v) is 12.2. The zero-order chi connectivity index (χ0) is 24.1. The van der Waals surface area contributed by atoms with Crippen molar-refractivity contribution >= 4 is 17.9 Å². The number of allylic oxidation sites excluding steroid dienone is 2. The van der Waals surface area contributed by atoms with E-state index < -0.39 is 23.9 Å². The number of likely N-dealkylation sites (tertiary alicyclic amines) is 1. The van der Waals surface area contributed by atoms with E-state index in [0.717, 1.165) is 28.7 Å². The number of hydrogen-bond donors (Lipinski definition) is 3. The number of hydrogen-bond acceptors (Lipinski definition) is 5. The molecule has 1 aliphatic carbocycles. The molecule has 1 aromatic carbocycles. The third kappa shape index (κ3) is 5.07. The first-order valence-electron chi connectivity index (χ1n) is 12.2. The van der Waals surface area contributed by atoms with Crippen LogP contribution >= 0.6 is 0 Å². The summed E-state index contributed by atoms with van der Waals surface area (Å²) >= 11 is 0. The number of phenols is 1. The van der Waals surface area contributed by atoms with Crippen molar-refractivity contribution in [2.75, 3.05) is 13.2 Å². The number of fused-ring (bicyclic) bond motifs is 1. The van der Waals surface area contributed by atoms with Gasteiger partial charge in [-0.25, -0.2) is 0 Å². The molecule has 1 heterocycles. The Morgan fingerprint density at radius 2 is 1.91 bits per heavy atom. The quantitative estimate of drug-likeness (QED) is 0.365. The number of aromatic hydroxyl groups is 1. The predicted octanol–water partition coefficient (Wildman–Crippen LogP) is 4.06. The van der Waals surface area contributed by atoms with Crippen LogP contribution < -0.4 is 0 Å². The summed E-state index contributed by atoms with van der Waals surface area (Å²) in [6, 6.07) is 7.16. The highest BCUT2D eigenvalue weighted by molar-refractivity contribution is 6.05. The Balaban J connectivity index is 1.83. The Morgan fingerprint density at radius 1 is 1.18 bits per heavy atom. The number of para-hydroxylation sites is 1. The molecule has 1 aliphatic heterocycles. The van der Waals surface area contributed by atoms with Crippen LogP contribution in [-0.2, 0) is 9.59 Å². The summed E-state index contributed by atoms with van der Waals surface area (Å²) in [7, 11) is 0. The van der Waals surface area contributed by atoms with Crippen molar-refractivity contribution in [3.63, 3.8) is 0 Å². The first kappa shape index (κ1) is 25.2. The Hall–Kier alpha value is -2.44. The van der Waals surface area contributed by atoms with Crippen molar-refractivity contribution in [2.24, 2.45) is 17.8 Å². The van der Waals surface area contributed by atoms with E-state index in [2.05, 4.69) is 0 Å². The van der Waals surface area contributed by atoms with E-state index in [0.29, 0.717) is 38.6 Å². The van der Waals surface area contributed by atoms with Crippen LogP contribution in [0.1, 0.15) is 64.9 Å². The van der Waals surface area contributed by atoms with Crippen molar-refractivity contribution < 1.29 is 24.9 Å². The lowest BCUT2D eigenvalue weighted by Crippen LogP contribution is -2.39. The van der Waals surface area contributed by atoms with Gasteiger partial charge in [0.1, 0.15) is 5.75 Å². The van der Waals surface area contributed by atoms with Crippen molar-refractivity contribution in [1.82, 2.24) is 4.90 Å². The lowest BCUT2D eigenvalue weighted by atomic mass is 9.67. The normalized spacial score (nSPS) is 24.5. The molecule has 2 amide bonds. The first-order chi connectivity index (χ1) is 15.9. The van der Waals surface area contributed by atoms with E-state index in [9.17, 15) is 24.9 Å². The van der Waals surface area contributed by atoms with Crippen molar-refractivity contribution in [1.29, 1.82) is 0 Å². The number of imide groups is 1. The van der Waals surface area contributed by atoms with E-state index >= 15 is 0 Å². The fraction of sp³-hybridized carbons (Fsp3) is 0.556. The lowest BCUT2D eigenvalue weighted by molar-refractivity contribution is -0.140. The number of amides is 2. The monoisotopic (exact) mass is 455 g/mol. The minimum Gasteiger partial charge on any atom is -0.507 e. The fourth-order valence-electron chi connectivity index (χ4n) is 5.47. The molecular formula is C27H37NO5. The maximum atomic E-state index is 13.1. The number of aliphatic hydroxyl groups is 2. The number of benzene rings is 1. The average Bonchev–Trinajstić information content (AvgIpc) is 3.06. The Bertz CT molecular complexity index is 934. The summed E-state index contributed by atoms with van der Waals surface area (Å²) in [5.74, 6) is -1.67. The maximum absolute atomic E-state index is 13.1. The molecule has 1 saturated heterocycles. The molecule has 3 N–H and O–H groups in total. The van der Waals surface area contributed by atoms with Crippen molar-refractivity contribution in [2.45, 2.75) is 65.4 Å². The van der Waals surface area contributed by atoms with Crippen LogP contribution in [-0.4, -0.2) is 51.3 Å². The van der Waals surface area contributed by atoms with Gasteiger partial charge in [-0.3, -0.25) is 14.5 Å². The summed E-state index contributed by atoms with van der Waals surface area (Å²) < 4.78 is 0. The number of phenolic OH excluding ortho intramolecular Hbond substituents is 1. The zero-order valence-corrected chi connectivity index (χ0v) is 20.0. The molecule has 3 rings (SSSR count). The number of rotatable bonds is 10. The van der Waals surface area contributed by atoms with Crippen LogP contribution in [0.4, 0.5) is 0 Å². The largest absolute Gasteiger partial charge is 0.507 e. The Morgan fingerprint density at radius 3 is 2.52 bits per heavy atom. The molecule has 1 fully saturated rings. The molecule has 4 atom stereocenters. The van der Waals surface area contributed by atoms with Crippen molar-refractivity contribution in [3.05, 3.63) is 46.5 Å². The average molecular weight is 456 g/mol. The van der Waals surface area contributed by atoms with Crippen LogP contribution in [0.2, 0.25) is 0 Å². The second kappa shape index (κ2) is 11.1. The lowest BCUT2D eigenvalue weighted by Gasteiger charge is -2.36. The number of carbonyl (C=O) groups excluding carboxylic acids is 2. The van der Waals surface area contributed by atoms with E-state index in [-0.39, 0.29) is 24.2 Å². The molecule has 0 bridgehead atoms.